The molecule has 9 fully saturated rings. The Hall–Kier alpha value is 0.660. The topological polar surface area (TPSA) is 3.24 Å². The highest BCUT2D eigenvalue weighted by Gasteiger charge is 2.59. The Morgan fingerprint density at radius 1 is 0.385 bits per heavy atom. The molecular weight excluding hydrogens is 511 g/mol. The Bertz CT molecular complexity index is 861. The minimum Gasteiger partial charge on any atom is -0.294 e. The van der Waals surface area contributed by atoms with Crippen molar-refractivity contribution < 1.29 is 0 Å². The zero-order valence-corrected chi connectivity index (χ0v) is 26.4. The summed E-state index contributed by atoms with van der Waals surface area (Å²) in [5.41, 5.74) is 0. The standard InChI is InChI=1S/C36H57NS2/c1-4-13-30-25(8-1)26-9-2-5-14-31(26)37(30)23-18-16-22(17-19-23)24-11-7-12-27-28-20-21-33-34(36(28)39-35(24)27)29-10-3-6-15-32(29)38-33/h22-36H,1-21H2. The van der Waals surface area contributed by atoms with Gasteiger partial charge in [0.1, 0.15) is 0 Å². The molecule has 3 aliphatic heterocycles. The van der Waals surface area contributed by atoms with Crippen LogP contribution in [0.3, 0.4) is 0 Å². The van der Waals surface area contributed by atoms with E-state index in [4.69, 9.17) is 0 Å². The van der Waals surface area contributed by atoms with Crippen molar-refractivity contribution in [2.24, 2.45) is 47.3 Å². The van der Waals surface area contributed by atoms with Crippen LogP contribution in [0.5, 0.6) is 0 Å². The predicted octanol–water partition coefficient (Wildman–Crippen LogP) is 9.58. The van der Waals surface area contributed by atoms with Crippen LogP contribution in [0.15, 0.2) is 0 Å². The minimum absolute atomic E-state index is 0.956. The second-order valence-corrected chi connectivity index (χ2v) is 19.2. The van der Waals surface area contributed by atoms with Gasteiger partial charge in [0.25, 0.3) is 0 Å². The monoisotopic (exact) mass is 567 g/mol. The van der Waals surface area contributed by atoms with Crippen molar-refractivity contribution >= 4 is 23.5 Å². The fourth-order valence-corrected chi connectivity index (χ4v) is 18.5. The van der Waals surface area contributed by atoms with E-state index < -0.39 is 0 Å². The molecule has 3 saturated heterocycles. The molecule has 0 amide bonds. The maximum Gasteiger partial charge on any atom is 0.0133 e. The molecule has 0 aromatic carbocycles. The third kappa shape index (κ3) is 4.24. The molecular formula is C36H57NS2. The van der Waals surface area contributed by atoms with Crippen LogP contribution in [0.2, 0.25) is 0 Å². The van der Waals surface area contributed by atoms with E-state index in [0.29, 0.717) is 0 Å². The molecule has 0 bridgehead atoms. The van der Waals surface area contributed by atoms with Crippen molar-refractivity contribution in [1.82, 2.24) is 4.90 Å². The van der Waals surface area contributed by atoms with Crippen molar-refractivity contribution in [3.05, 3.63) is 0 Å². The van der Waals surface area contributed by atoms with Crippen LogP contribution in [-0.4, -0.2) is 44.0 Å². The van der Waals surface area contributed by atoms with E-state index in [0.717, 1.165) is 86.5 Å². The summed E-state index contributed by atoms with van der Waals surface area (Å²) in [6, 6.07) is 2.93. The highest BCUT2D eigenvalue weighted by molar-refractivity contribution is 8.01. The van der Waals surface area contributed by atoms with Crippen LogP contribution in [0, 0.1) is 47.3 Å². The van der Waals surface area contributed by atoms with E-state index >= 15 is 0 Å². The molecule has 0 spiro atoms. The molecule has 13 atom stereocenters. The quantitative estimate of drug-likeness (QED) is 0.327. The van der Waals surface area contributed by atoms with Crippen LogP contribution < -0.4 is 0 Å². The largest absolute Gasteiger partial charge is 0.294 e. The summed E-state index contributed by atoms with van der Waals surface area (Å²) >= 11 is 5.14. The highest BCUT2D eigenvalue weighted by atomic mass is 32.2. The third-order valence-corrected chi connectivity index (χ3v) is 18.9. The van der Waals surface area contributed by atoms with E-state index in [1.807, 2.05) is 0 Å². The lowest BCUT2D eigenvalue weighted by Gasteiger charge is -2.46. The first-order valence-corrected chi connectivity index (χ1v) is 20.3. The molecule has 0 N–H and O–H groups in total. The second kappa shape index (κ2) is 10.7. The summed E-state index contributed by atoms with van der Waals surface area (Å²) in [5, 5.41) is 4.22. The molecule has 3 heterocycles. The Morgan fingerprint density at radius 2 is 1.00 bits per heavy atom. The van der Waals surface area contributed by atoms with E-state index in [1.165, 1.54) is 32.1 Å². The van der Waals surface area contributed by atoms with Gasteiger partial charge in [-0.2, -0.15) is 23.5 Å². The number of thioether (sulfide) groups is 2. The van der Waals surface area contributed by atoms with Crippen molar-refractivity contribution in [1.29, 1.82) is 0 Å². The second-order valence-electron chi connectivity index (χ2n) is 16.4. The summed E-state index contributed by atoms with van der Waals surface area (Å²) in [6.45, 7) is 0. The summed E-state index contributed by atoms with van der Waals surface area (Å²) < 4.78 is 0. The van der Waals surface area contributed by atoms with Gasteiger partial charge < -0.3 is 0 Å². The number of likely N-dealkylation sites (tertiary alicyclic amines) is 1. The summed E-state index contributed by atoms with van der Waals surface area (Å²) in [6.07, 6.45) is 32.9. The normalized spacial score (nSPS) is 57.1. The zero-order valence-electron chi connectivity index (χ0n) is 24.8. The summed E-state index contributed by atoms with van der Waals surface area (Å²) in [4.78, 5) is 3.25. The molecule has 0 aromatic rings. The Balaban J connectivity index is 0.893. The van der Waals surface area contributed by atoms with Gasteiger partial charge in [0.05, 0.1) is 0 Å². The molecule has 6 aliphatic carbocycles. The van der Waals surface area contributed by atoms with Crippen LogP contribution >= 0.6 is 23.5 Å². The Labute approximate surface area is 248 Å². The van der Waals surface area contributed by atoms with Crippen molar-refractivity contribution in [2.45, 2.75) is 174 Å². The van der Waals surface area contributed by atoms with Gasteiger partial charge in [-0.05, 0) is 137 Å². The van der Waals surface area contributed by atoms with E-state index in [2.05, 4.69) is 28.4 Å². The number of hydrogen-bond acceptors (Lipinski definition) is 3. The van der Waals surface area contributed by atoms with E-state index in [1.54, 1.807) is 103 Å². The molecule has 9 rings (SSSR count). The predicted molar refractivity (Wildman–Crippen MR) is 168 cm³/mol. The Kier molecular flexibility index (Phi) is 7.14. The molecule has 1 nitrogen and oxygen atoms in total. The summed E-state index contributed by atoms with van der Waals surface area (Å²) in [7, 11) is 0. The fraction of sp³-hybridized carbons (Fsp3) is 1.00. The average molecular weight is 568 g/mol. The SMILES string of the molecule is C1CCC2C(C1)SC1CCC3C4CCCC(C5CCC(N6C7CCCCC7C7CCCCC76)CC5)C4SC3C12. The fourth-order valence-electron chi connectivity index (χ4n) is 13.7. The molecule has 218 valence electrons. The maximum absolute atomic E-state index is 3.25. The van der Waals surface area contributed by atoms with Crippen molar-refractivity contribution in [3.63, 3.8) is 0 Å². The lowest BCUT2D eigenvalue weighted by molar-refractivity contribution is 0.0405. The van der Waals surface area contributed by atoms with Crippen LogP contribution in [0.1, 0.15) is 135 Å². The molecule has 39 heavy (non-hydrogen) atoms. The number of hydrogen-bond donors (Lipinski definition) is 0. The van der Waals surface area contributed by atoms with Gasteiger partial charge >= 0.3 is 0 Å². The van der Waals surface area contributed by atoms with Gasteiger partial charge in [-0.25, -0.2) is 0 Å². The summed E-state index contributed by atoms with van der Waals surface area (Å²) in [5.74, 6) is 8.75. The molecule has 0 aromatic heterocycles. The molecule has 13 unspecified atom stereocenters. The van der Waals surface area contributed by atoms with Crippen LogP contribution in [0.4, 0.5) is 0 Å². The van der Waals surface area contributed by atoms with Crippen molar-refractivity contribution in [3.8, 4) is 0 Å². The lowest BCUT2D eigenvalue weighted by atomic mass is 9.62. The number of rotatable bonds is 2. The van der Waals surface area contributed by atoms with Gasteiger partial charge in [-0.3, -0.25) is 4.90 Å². The van der Waals surface area contributed by atoms with E-state index in [-0.39, 0.29) is 0 Å². The smallest absolute Gasteiger partial charge is 0.0133 e. The van der Waals surface area contributed by atoms with Gasteiger partial charge in [-0.1, -0.05) is 44.9 Å². The Morgan fingerprint density at radius 3 is 1.77 bits per heavy atom. The molecule has 6 saturated carbocycles. The lowest BCUT2D eigenvalue weighted by Crippen LogP contribution is -2.49. The molecule has 9 aliphatic rings. The first-order chi connectivity index (χ1) is 19.3. The first-order valence-electron chi connectivity index (χ1n) is 18.4. The van der Waals surface area contributed by atoms with E-state index in [9.17, 15) is 0 Å². The zero-order chi connectivity index (χ0) is 25.5. The van der Waals surface area contributed by atoms with Gasteiger partial charge in [0.2, 0.25) is 0 Å². The minimum atomic E-state index is 0.956. The highest BCUT2D eigenvalue weighted by Crippen LogP contribution is 2.66. The van der Waals surface area contributed by atoms with Crippen LogP contribution in [0.25, 0.3) is 0 Å². The number of nitrogens with zero attached hydrogens (tertiary/aromatic N) is 1. The van der Waals surface area contributed by atoms with Gasteiger partial charge in [0, 0.05) is 39.1 Å². The average Bonchev–Trinajstić information content (AvgIpc) is 3.66. The molecule has 0 radical (unpaired) electrons. The molecule has 3 heteroatoms. The van der Waals surface area contributed by atoms with Crippen molar-refractivity contribution in [2.75, 3.05) is 0 Å². The van der Waals surface area contributed by atoms with Gasteiger partial charge in [0.15, 0.2) is 0 Å². The maximum atomic E-state index is 3.25. The number of fused-ring (bicyclic) bond motifs is 10. The third-order valence-electron chi connectivity index (χ3n) is 15.0. The van der Waals surface area contributed by atoms with Crippen LogP contribution in [-0.2, 0) is 0 Å². The van der Waals surface area contributed by atoms with Gasteiger partial charge in [-0.15, -0.1) is 0 Å². The first kappa shape index (κ1) is 26.1.